The van der Waals surface area contributed by atoms with E-state index in [0.717, 1.165) is 131 Å². The van der Waals surface area contributed by atoms with Gasteiger partial charge in [0.1, 0.15) is 88.4 Å². The van der Waals surface area contributed by atoms with Gasteiger partial charge in [0.25, 0.3) is 23.6 Å². The molecule has 0 atom stereocenters. The highest BCUT2D eigenvalue weighted by molar-refractivity contribution is 6.31. The molecular weight excluding hydrogens is 1440 g/mol. The zero-order valence-electron chi connectivity index (χ0n) is 55.2. The number of aromatic nitrogens is 6. The summed E-state index contributed by atoms with van der Waals surface area (Å²) >= 11 is 22.7. The molecule has 0 aliphatic heterocycles. The van der Waals surface area contributed by atoms with Crippen molar-refractivity contribution in [3.05, 3.63) is 217 Å². The van der Waals surface area contributed by atoms with Crippen LogP contribution >= 0.6 is 46.4 Å². The lowest BCUT2D eigenvalue weighted by Crippen LogP contribution is -2.77. The van der Waals surface area contributed by atoms with Crippen molar-refractivity contribution in [2.45, 2.75) is 143 Å². The number of benzene rings is 6. The first-order valence-electron chi connectivity index (χ1n) is 32.8. The number of nitrogens with one attached hydrogen (secondary N) is 5. The van der Waals surface area contributed by atoms with Crippen LogP contribution in [-0.4, -0.2) is 84.3 Å². The fourth-order valence-electron chi connectivity index (χ4n) is 14.5. The quantitative estimate of drug-likeness (QED) is 0.0354. The third kappa shape index (κ3) is 16.1. The van der Waals surface area contributed by atoms with Crippen molar-refractivity contribution in [3.63, 3.8) is 0 Å². The second kappa shape index (κ2) is 28.8. The summed E-state index contributed by atoms with van der Waals surface area (Å²) in [5.41, 5.74) is 0.796. The molecular formula is C73H66Cl4F7N9O10. The molecule has 30 heteroatoms. The van der Waals surface area contributed by atoms with Crippen molar-refractivity contribution in [1.29, 1.82) is 0 Å². The first kappa shape index (κ1) is 72.1. The second-order valence-corrected chi connectivity index (χ2v) is 29.1. The molecule has 6 aromatic carbocycles. The SMILES string of the molecule is CC(F)(F)c1ccc(OCc2cnc(C34CC(NC(=O)COc5ccc(Cl)c(F)c5)(C3)C4)[nH]2)cc1.Cc1ccc(OCc2cnc(C34CC(NC(=O)COc5ccc(Cl)c(F)c5)(C3)C4)[nH]2)cc1F.O=C(COc1ccc(Cl)c(F)c1)NC12CCC(c3nnc(Oc4ccc(Cl)c(F)c4)o3)(CC1)CC2. The lowest BCUT2D eigenvalue weighted by Gasteiger charge is -2.69. The summed E-state index contributed by atoms with van der Waals surface area (Å²) in [5, 5.41) is 17.3. The molecule has 540 valence electrons. The Hall–Kier alpha value is -9.24. The van der Waals surface area contributed by atoms with Crippen LogP contribution in [0.2, 0.25) is 20.1 Å². The molecule has 0 unspecified atom stereocenters. The molecule has 6 bridgehead atoms. The lowest BCUT2D eigenvalue weighted by atomic mass is 9.39. The zero-order chi connectivity index (χ0) is 72.7. The molecule has 18 rings (SSSR count). The highest BCUT2D eigenvalue weighted by Gasteiger charge is 2.71. The number of nitrogens with zero attached hydrogens (tertiary/aromatic N) is 4. The Morgan fingerprint density at radius 3 is 1.26 bits per heavy atom. The van der Waals surface area contributed by atoms with E-state index in [9.17, 15) is 45.1 Å². The molecule has 9 fully saturated rings. The van der Waals surface area contributed by atoms with Crippen LogP contribution in [0.15, 0.2) is 132 Å². The van der Waals surface area contributed by atoms with Crippen molar-refractivity contribution in [3.8, 4) is 40.6 Å². The van der Waals surface area contributed by atoms with Gasteiger partial charge in [-0.15, -0.1) is 5.10 Å². The molecule has 3 heterocycles. The second-order valence-electron chi connectivity index (χ2n) is 27.4. The van der Waals surface area contributed by atoms with Crippen molar-refractivity contribution < 1.29 is 78.0 Å². The number of aryl methyl sites for hydroxylation is 1. The molecule has 9 saturated carbocycles. The first-order chi connectivity index (χ1) is 49.1. The van der Waals surface area contributed by atoms with Gasteiger partial charge in [0.05, 0.1) is 43.9 Å². The fraction of sp³-hybridized carbons (Fsp3) is 0.356. The summed E-state index contributed by atoms with van der Waals surface area (Å²) in [6.07, 6.45) is 12.5. The molecule has 0 radical (unpaired) electrons. The number of carbonyl (C=O) groups excluding carboxylic acids is 3. The standard InChI is InChI=1S/C25H23ClF3N3O3.C24H21Cl2F2N3O4.C24H22ClF2N3O3/c1-23(28,29)15-2-4-17(5-3-15)34-10-16-9-30-22(31-16)24-12-25(13-24,14-24)32-21(33)11-35-18-6-7-19(26)20(27)8-18;25-16-3-1-14(11-18(16)27)33-13-20(32)29-24-8-5-23(6-9-24,7-10-24)21-30-31-22(35-21)34-15-2-4-17(26)19(28)12-15;1-14-2-3-16(6-19(14)26)32-9-15-8-28-22(29-15)23-11-24(12-23,13-23)30-21(31)10-33-17-4-5-18(25)20(27)7-17/h2-9H,10-14H2,1H3,(H,30,31)(H,32,33);1-4,11-12H,5-10,13H2,(H,29,32);2-8H,9-13H2,1H3,(H,28,29)(H,30,31). The topological polar surface area (TPSA) is 239 Å². The van der Waals surface area contributed by atoms with Gasteiger partial charge in [-0.25, -0.2) is 40.7 Å². The molecule has 9 aromatic rings. The molecule has 3 amide bonds. The van der Waals surface area contributed by atoms with E-state index in [1.807, 2.05) is 0 Å². The Balaban J connectivity index is 0.000000138. The van der Waals surface area contributed by atoms with Crippen LogP contribution in [0.25, 0.3) is 0 Å². The van der Waals surface area contributed by atoms with Gasteiger partial charge in [0.15, 0.2) is 19.8 Å². The number of H-pyrrole nitrogens is 2. The molecule has 103 heavy (non-hydrogen) atoms. The number of fused-ring (bicyclic) bond motifs is 3. The Labute approximate surface area is 605 Å². The number of rotatable bonds is 24. The number of alkyl halides is 2. The van der Waals surface area contributed by atoms with E-state index in [1.54, 1.807) is 31.5 Å². The molecule has 9 aliphatic rings. The predicted octanol–water partition coefficient (Wildman–Crippen LogP) is 15.8. The van der Waals surface area contributed by atoms with Crippen LogP contribution in [0.5, 0.6) is 40.6 Å². The molecule has 0 saturated heterocycles. The Bertz CT molecular complexity index is 4610. The fourth-order valence-corrected chi connectivity index (χ4v) is 15.0. The van der Waals surface area contributed by atoms with E-state index >= 15 is 0 Å². The number of ether oxygens (including phenoxy) is 6. The van der Waals surface area contributed by atoms with Gasteiger partial charge in [-0.1, -0.05) is 57.6 Å². The maximum atomic E-state index is 13.7. The van der Waals surface area contributed by atoms with Gasteiger partial charge in [-0.3, -0.25) is 14.4 Å². The average Bonchev–Trinajstić information content (AvgIpc) is 1.54. The monoisotopic (exact) mass is 1500 g/mol. The predicted molar refractivity (Wildman–Crippen MR) is 363 cm³/mol. The van der Waals surface area contributed by atoms with Crippen molar-refractivity contribution >= 4 is 64.1 Å². The summed E-state index contributed by atoms with van der Waals surface area (Å²) < 4.78 is 133. The average molecular weight is 1500 g/mol. The summed E-state index contributed by atoms with van der Waals surface area (Å²) in [6, 6.07) is 26.7. The van der Waals surface area contributed by atoms with Crippen LogP contribution in [0, 0.1) is 36.0 Å². The van der Waals surface area contributed by atoms with Crippen LogP contribution in [0.3, 0.4) is 0 Å². The number of amides is 3. The molecule has 9 aliphatic carbocycles. The summed E-state index contributed by atoms with van der Waals surface area (Å²) in [4.78, 5) is 52.7. The molecule has 19 nitrogen and oxygen atoms in total. The van der Waals surface area contributed by atoms with Gasteiger partial charge in [-0.2, -0.15) is 0 Å². The zero-order valence-corrected chi connectivity index (χ0v) is 58.2. The number of imidazole rings is 2. The van der Waals surface area contributed by atoms with Crippen molar-refractivity contribution in [2.75, 3.05) is 19.8 Å². The number of aromatic amines is 2. The number of halogens is 11. The van der Waals surface area contributed by atoms with Gasteiger partial charge >= 0.3 is 6.08 Å². The highest BCUT2D eigenvalue weighted by Crippen LogP contribution is 2.68. The van der Waals surface area contributed by atoms with Crippen LogP contribution in [0.1, 0.15) is 124 Å². The van der Waals surface area contributed by atoms with E-state index in [0.29, 0.717) is 23.0 Å². The Morgan fingerprint density at radius 2 is 0.845 bits per heavy atom. The van der Waals surface area contributed by atoms with E-state index in [-0.39, 0.29) is 144 Å². The minimum atomic E-state index is -2.89. The minimum Gasteiger partial charge on any atom is -0.487 e. The maximum Gasteiger partial charge on any atom is 0.420 e. The van der Waals surface area contributed by atoms with E-state index in [4.69, 9.17) is 79.2 Å². The largest absolute Gasteiger partial charge is 0.487 e. The van der Waals surface area contributed by atoms with Crippen LogP contribution in [0.4, 0.5) is 30.7 Å². The van der Waals surface area contributed by atoms with Crippen molar-refractivity contribution in [2.24, 2.45) is 0 Å². The van der Waals surface area contributed by atoms with Gasteiger partial charge in [-0.05, 0) is 168 Å². The summed E-state index contributed by atoms with van der Waals surface area (Å²) in [6.45, 7) is 2.42. The summed E-state index contributed by atoms with van der Waals surface area (Å²) in [7, 11) is 0. The van der Waals surface area contributed by atoms with Gasteiger partial charge in [0.2, 0.25) is 5.89 Å². The first-order valence-corrected chi connectivity index (χ1v) is 34.3. The minimum absolute atomic E-state index is 0.00246. The third-order valence-electron chi connectivity index (χ3n) is 19.8. The normalized spacial score (nSPS) is 22.9. The van der Waals surface area contributed by atoms with Gasteiger partial charge in [0, 0.05) is 75.7 Å². The smallest absolute Gasteiger partial charge is 0.420 e. The molecule has 3 aromatic heterocycles. The number of hydrogen-bond donors (Lipinski definition) is 5. The number of carbonyl (C=O) groups is 3. The Kier molecular flexibility index (Phi) is 20.1. The van der Waals surface area contributed by atoms with E-state index in [1.165, 1.54) is 78.9 Å². The Morgan fingerprint density at radius 1 is 0.476 bits per heavy atom. The van der Waals surface area contributed by atoms with Crippen LogP contribution in [-0.2, 0) is 49.8 Å². The molecule has 5 N–H and O–H groups in total. The highest BCUT2D eigenvalue weighted by atomic mass is 35.5. The number of hydrogen-bond acceptors (Lipinski definition) is 14. The lowest BCUT2D eigenvalue weighted by molar-refractivity contribution is -0.141. The summed E-state index contributed by atoms with van der Waals surface area (Å²) in [5.74, 6) is -2.29. The van der Waals surface area contributed by atoms with Gasteiger partial charge < -0.3 is 58.8 Å². The van der Waals surface area contributed by atoms with Crippen molar-refractivity contribution in [1.82, 2.24) is 46.1 Å². The third-order valence-corrected chi connectivity index (χ3v) is 21.0. The van der Waals surface area contributed by atoms with Crippen LogP contribution < -0.4 is 44.4 Å². The van der Waals surface area contributed by atoms with E-state index < -0.39 is 29.2 Å². The molecule has 0 spiro atoms. The van der Waals surface area contributed by atoms with E-state index in [2.05, 4.69) is 46.1 Å². The maximum absolute atomic E-state index is 13.7.